The fraction of sp³-hybridized carbons (Fsp3) is 0.267. The van der Waals surface area contributed by atoms with Gasteiger partial charge in [0.2, 0.25) is 5.88 Å². The number of hydrogen-bond acceptors (Lipinski definition) is 5. The van der Waals surface area contributed by atoms with Crippen molar-refractivity contribution in [2.75, 3.05) is 31.4 Å². The van der Waals surface area contributed by atoms with Crippen molar-refractivity contribution in [3.63, 3.8) is 0 Å². The van der Waals surface area contributed by atoms with Gasteiger partial charge in [-0.3, -0.25) is 0 Å². The van der Waals surface area contributed by atoms with Crippen LogP contribution in [0.1, 0.15) is 6.92 Å². The monoisotopic (exact) mass is 273 g/mol. The smallest absolute Gasteiger partial charge is 0.239 e. The molecule has 0 aliphatic rings. The van der Waals surface area contributed by atoms with E-state index < -0.39 is 0 Å². The lowest BCUT2D eigenvalue weighted by Gasteiger charge is -2.21. The van der Waals surface area contributed by atoms with Gasteiger partial charge >= 0.3 is 0 Å². The maximum atomic E-state index is 5.84. The molecule has 0 radical (unpaired) electrons. The molecule has 1 heterocycles. The molecule has 0 aliphatic carbocycles. The summed E-state index contributed by atoms with van der Waals surface area (Å²) in [4.78, 5) is 6.37. The Morgan fingerprint density at radius 3 is 2.65 bits per heavy atom. The van der Waals surface area contributed by atoms with Crippen LogP contribution in [0.15, 0.2) is 36.4 Å². The first kappa shape index (κ1) is 14.0. The molecule has 0 atom stereocenters. The van der Waals surface area contributed by atoms with Gasteiger partial charge < -0.3 is 20.1 Å². The van der Waals surface area contributed by atoms with E-state index in [2.05, 4.69) is 4.98 Å². The molecular weight excluding hydrogens is 254 g/mol. The molecule has 20 heavy (non-hydrogen) atoms. The van der Waals surface area contributed by atoms with E-state index in [4.69, 9.17) is 15.2 Å². The molecule has 2 rings (SSSR count). The number of ether oxygens (including phenoxy) is 2. The van der Waals surface area contributed by atoms with Crippen LogP contribution in [0.2, 0.25) is 0 Å². The number of rotatable bonds is 5. The summed E-state index contributed by atoms with van der Waals surface area (Å²) in [6, 6.07) is 11.4. The summed E-state index contributed by atoms with van der Waals surface area (Å²) < 4.78 is 10.8. The molecule has 1 aromatic carbocycles. The van der Waals surface area contributed by atoms with Crippen LogP contribution < -0.4 is 20.1 Å². The average molecular weight is 273 g/mol. The number of methoxy groups -OCH3 is 1. The van der Waals surface area contributed by atoms with Crippen LogP contribution in [-0.2, 0) is 0 Å². The molecule has 5 nitrogen and oxygen atoms in total. The molecule has 0 aliphatic heterocycles. The van der Waals surface area contributed by atoms with Crippen LogP contribution in [0.3, 0.4) is 0 Å². The molecule has 1 aromatic heterocycles. The third kappa shape index (κ3) is 2.77. The largest absolute Gasteiger partial charge is 0.495 e. The molecule has 106 valence electrons. The summed E-state index contributed by atoms with van der Waals surface area (Å²) in [6.45, 7) is 2.43. The number of hydrogen-bond donors (Lipinski definition) is 1. The number of pyridine rings is 1. The zero-order valence-corrected chi connectivity index (χ0v) is 12.0. The highest BCUT2D eigenvalue weighted by Gasteiger charge is 2.12. The lowest BCUT2D eigenvalue weighted by Crippen LogP contribution is -2.13. The molecular formula is C15H19N3O2. The van der Waals surface area contributed by atoms with Crippen molar-refractivity contribution in [2.24, 2.45) is 0 Å². The topological polar surface area (TPSA) is 60.6 Å². The van der Waals surface area contributed by atoms with E-state index in [0.29, 0.717) is 18.2 Å². The summed E-state index contributed by atoms with van der Waals surface area (Å²) in [7, 11) is 3.57. The highest BCUT2D eigenvalue weighted by atomic mass is 16.5. The molecule has 0 saturated carbocycles. The Balaban J connectivity index is 2.37. The van der Waals surface area contributed by atoms with E-state index in [1.807, 2.05) is 49.2 Å². The van der Waals surface area contributed by atoms with Crippen LogP contribution in [-0.4, -0.2) is 25.7 Å². The van der Waals surface area contributed by atoms with Crippen LogP contribution in [0.5, 0.6) is 11.6 Å². The lowest BCUT2D eigenvalue weighted by molar-refractivity contribution is 0.329. The van der Waals surface area contributed by atoms with Crippen molar-refractivity contribution in [1.82, 2.24) is 4.98 Å². The number of nitrogen functional groups attached to an aromatic ring is 1. The summed E-state index contributed by atoms with van der Waals surface area (Å²) in [6.07, 6.45) is 0. The van der Waals surface area contributed by atoms with Crippen molar-refractivity contribution in [2.45, 2.75) is 6.92 Å². The molecule has 0 spiro atoms. The van der Waals surface area contributed by atoms with Gasteiger partial charge in [0.15, 0.2) is 0 Å². The maximum Gasteiger partial charge on any atom is 0.239 e. The Bertz CT molecular complexity index is 587. The van der Waals surface area contributed by atoms with Gasteiger partial charge in [0.05, 0.1) is 25.1 Å². The molecule has 0 fully saturated rings. The first-order valence-corrected chi connectivity index (χ1v) is 6.43. The van der Waals surface area contributed by atoms with Crippen LogP contribution in [0.4, 0.5) is 17.2 Å². The maximum absolute atomic E-state index is 5.84. The Labute approximate surface area is 118 Å². The number of nitrogens with zero attached hydrogens (tertiary/aromatic N) is 2. The Morgan fingerprint density at radius 1 is 1.20 bits per heavy atom. The first-order chi connectivity index (χ1) is 9.67. The summed E-state index contributed by atoms with van der Waals surface area (Å²) in [5, 5.41) is 0. The van der Waals surface area contributed by atoms with E-state index >= 15 is 0 Å². The second-order valence-electron chi connectivity index (χ2n) is 4.23. The minimum Gasteiger partial charge on any atom is -0.495 e. The minimum atomic E-state index is 0.451. The molecule has 0 unspecified atom stereocenters. The zero-order valence-electron chi connectivity index (χ0n) is 12.0. The highest BCUT2D eigenvalue weighted by Crippen LogP contribution is 2.33. The second kappa shape index (κ2) is 6.14. The Kier molecular flexibility index (Phi) is 4.30. The number of para-hydroxylation sites is 2. The van der Waals surface area contributed by atoms with E-state index in [-0.39, 0.29) is 0 Å². The van der Waals surface area contributed by atoms with Gasteiger partial charge in [0.25, 0.3) is 0 Å². The minimum absolute atomic E-state index is 0.451. The van der Waals surface area contributed by atoms with E-state index in [1.165, 1.54) is 0 Å². The third-order valence-electron chi connectivity index (χ3n) is 2.95. The summed E-state index contributed by atoms with van der Waals surface area (Å²) in [5.41, 5.74) is 7.30. The third-order valence-corrected chi connectivity index (χ3v) is 2.95. The van der Waals surface area contributed by atoms with Crippen LogP contribution in [0, 0.1) is 0 Å². The van der Waals surface area contributed by atoms with E-state index in [0.717, 1.165) is 17.3 Å². The SMILES string of the molecule is CCOc1nc(N(C)c2ccccc2OC)ccc1N. The Hall–Kier alpha value is -2.43. The highest BCUT2D eigenvalue weighted by molar-refractivity contribution is 5.68. The van der Waals surface area contributed by atoms with Gasteiger partial charge in [-0.05, 0) is 31.2 Å². The van der Waals surface area contributed by atoms with Crippen LogP contribution in [0.25, 0.3) is 0 Å². The molecule has 0 bridgehead atoms. The quantitative estimate of drug-likeness (QED) is 0.907. The number of benzene rings is 1. The van der Waals surface area contributed by atoms with Gasteiger partial charge in [-0.1, -0.05) is 12.1 Å². The first-order valence-electron chi connectivity index (χ1n) is 6.43. The van der Waals surface area contributed by atoms with Crippen molar-refractivity contribution < 1.29 is 9.47 Å². The van der Waals surface area contributed by atoms with Crippen LogP contribution >= 0.6 is 0 Å². The van der Waals surface area contributed by atoms with E-state index in [1.54, 1.807) is 13.2 Å². The van der Waals surface area contributed by atoms with E-state index in [9.17, 15) is 0 Å². The predicted octanol–water partition coefficient (Wildman–Crippen LogP) is 2.84. The number of aromatic nitrogens is 1. The standard InChI is InChI=1S/C15H19N3O2/c1-4-20-15-11(16)9-10-14(17-15)18(2)12-7-5-6-8-13(12)19-3/h5-10H,4,16H2,1-3H3. The molecule has 0 amide bonds. The number of nitrogens with two attached hydrogens (primary N) is 1. The van der Waals surface area contributed by atoms with Gasteiger partial charge in [0.1, 0.15) is 11.6 Å². The van der Waals surface area contributed by atoms with Crippen molar-refractivity contribution >= 4 is 17.2 Å². The fourth-order valence-corrected chi connectivity index (χ4v) is 1.91. The molecule has 2 aromatic rings. The van der Waals surface area contributed by atoms with Gasteiger partial charge in [-0.2, -0.15) is 4.98 Å². The number of anilines is 3. The van der Waals surface area contributed by atoms with Gasteiger partial charge in [-0.25, -0.2) is 0 Å². The Morgan fingerprint density at radius 2 is 1.95 bits per heavy atom. The van der Waals surface area contributed by atoms with Crippen molar-refractivity contribution in [3.05, 3.63) is 36.4 Å². The molecule has 2 N–H and O–H groups in total. The summed E-state index contributed by atoms with van der Waals surface area (Å²) in [5.74, 6) is 1.98. The average Bonchev–Trinajstić information content (AvgIpc) is 2.49. The van der Waals surface area contributed by atoms with Crippen molar-refractivity contribution in [3.8, 4) is 11.6 Å². The van der Waals surface area contributed by atoms with Crippen molar-refractivity contribution in [1.29, 1.82) is 0 Å². The molecule has 5 heteroatoms. The predicted molar refractivity (Wildman–Crippen MR) is 80.9 cm³/mol. The summed E-state index contributed by atoms with van der Waals surface area (Å²) >= 11 is 0. The van der Waals surface area contributed by atoms with Gasteiger partial charge in [0, 0.05) is 7.05 Å². The van der Waals surface area contributed by atoms with Gasteiger partial charge in [-0.15, -0.1) is 0 Å². The zero-order chi connectivity index (χ0) is 14.5. The second-order valence-corrected chi connectivity index (χ2v) is 4.23. The lowest BCUT2D eigenvalue weighted by atomic mass is 10.2. The molecule has 0 saturated heterocycles. The fourth-order valence-electron chi connectivity index (χ4n) is 1.91. The normalized spacial score (nSPS) is 10.2.